The zero-order valence-electron chi connectivity index (χ0n) is 15.1. The van der Waals surface area contributed by atoms with E-state index in [4.69, 9.17) is 0 Å². The number of hydrogen-bond donors (Lipinski definition) is 0. The molecule has 0 fully saturated rings. The number of benzene rings is 2. The van der Waals surface area contributed by atoms with Crippen molar-refractivity contribution in [3.63, 3.8) is 0 Å². The highest BCUT2D eigenvalue weighted by molar-refractivity contribution is 5.60. The molecule has 0 amide bonds. The summed E-state index contributed by atoms with van der Waals surface area (Å²) < 4.78 is 0. The molecule has 0 radical (unpaired) electrons. The van der Waals surface area contributed by atoms with Crippen LogP contribution in [0.5, 0.6) is 0 Å². The van der Waals surface area contributed by atoms with Crippen LogP contribution in [0, 0.1) is 0 Å². The average Bonchev–Trinajstić information content (AvgIpc) is 2.72. The summed E-state index contributed by atoms with van der Waals surface area (Å²) in [5, 5.41) is 0. The van der Waals surface area contributed by atoms with Crippen LogP contribution in [0.25, 0.3) is 0 Å². The second-order valence-corrected chi connectivity index (χ2v) is 6.91. The fourth-order valence-corrected chi connectivity index (χ4v) is 3.66. The SMILES string of the molecule is C1=CCCC(N(C2=CC=CCC2)c2ccc(Cc3ccccc3)cc2)=C1. The number of allylic oxidation sites excluding steroid dienone is 8. The Morgan fingerprint density at radius 3 is 1.77 bits per heavy atom. The lowest BCUT2D eigenvalue weighted by atomic mass is 10.0. The van der Waals surface area contributed by atoms with Crippen molar-refractivity contribution in [3.05, 3.63) is 114 Å². The summed E-state index contributed by atoms with van der Waals surface area (Å²) in [4.78, 5) is 2.46. The molecule has 2 aliphatic carbocycles. The minimum atomic E-state index is 0.984. The van der Waals surface area contributed by atoms with Crippen LogP contribution in [0.2, 0.25) is 0 Å². The van der Waals surface area contributed by atoms with E-state index in [0.717, 1.165) is 32.1 Å². The molecule has 1 nitrogen and oxygen atoms in total. The lowest BCUT2D eigenvalue weighted by Gasteiger charge is -2.32. The summed E-state index contributed by atoms with van der Waals surface area (Å²) in [6.07, 6.45) is 18.8. The topological polar surface area (TPSA) is 3.24 Å². The van der Waals surface area contributed by atoms with E-state index in [1.165, 1.54) is 28.2 Å². The van der Waals surface area contributed by atoms with E-state index in [2.05, 4.69) is 96.0 Å². The van der Waals surface area contributed by atoms with Crippen molar-refractivity contribution >= 4 is 5.69 Å². The Labute approximate surface area is 156 Å². The van der Waals surface area contributed by atoms with E-state index in [9.17, 15) is 0 Å². The van der Waals surface area contributed by atoms with Crippen molar-refractivity contribution in [2.24, 2.45) is 0 Å². The van der Waals surface area contributed by atoms with Crippen LogP contribution in [-0.4, -0.2) is 0 Å². The molecule has 0 aromatic heterocycles. The van der Waals surface area contributed by atoms with E-state index < -0.39 is 0 Å². The molecule has 26 heavy (non-hydrogen) atoms. The third kappa shape index (κ3) is 3.88. The first-order valence-electron chi connectivity index (χ1n) is 9.54. The van der Waals surface area contributed by atoms with Gasteiger partial charge in [0, 0.05) is 17.1 Å². The van der Waals surface area contributed by atoms with Gasteiger partial charge in [0.05, 0.1) is 0 Å². The predicted octanol–water partition coefficient (Wildman–Crippen LogP) is 6.55. The van der Waals surface area contributed by atoms with Gasteiger partial charge in [-0.25, -0.2) is 0 Å². The quantitative estimate of drug-likeness (QED) is 0.597. The smallest absolute Gasteiger partial charge is 0.0455 e. The largest absolute Gasteiger partial charge is 0.318 e. The fraction of sp³-hybridized carbons (Fsp3) is 0.200. The Balaban J connectivity index is 1.61. The van der Waals surface area contributed by atoms with E-state index in [0.29, 0.717) is 0 Å². The van der Waals surface area contributed by atoms with Crippen molar-refractivity contribution in [2.45, 2.75) is 32.1 Å². The first-order chi connectivity index (χ1) is 12.9. The lowest BCUT2D eigenvalue weighted by molar-refractivity contribution is 0.837. The average molecular weight is 339 g/mol. The molecular weight excluding hydrogens is 314 g/mol. The first kappa shape index (κ1) is 16.7. The van der Waals surface area contributed by atoms with Crippen LogP contribution >= 0.6 is 0 Å². The van der Waals surface area contributed by atoms with Gasteiger partial charge >= 0.3 is 0 Å². The van der Waals surface area contributed by atoms with Crippen LogP contribution < -0.4 is 4.90 Å². The van der Waals surface area contributed by atoms with Gasteiger partial charge in [0.1, 0.15) is 0 Å². The Morgan fingerprint density at radius 2 is 1.23 bits per heavy atom. The van der Waals surface area contributed by atoms with Crippen molar-refractivity contribution in [1.82, 2.24) is 0 Å². The molecular formula is C25H25N. The van der Waals surface area contributed by atoms with Gasteiger partial charge in [0.2, 0.25) is 0 Å². The van der Waals surface area contributed by atoms with Crippen molar-refractivity contribution in [1.29, 1.82) is 0 Å². The van der Waals surface area contributed by atoms with E-state index >= 15 is 0 Å². The summed E-state index contributed by atoms with van der Waals surface area (Å²) in [5.41, 5.74) is 6.77. The summed E-state index contributed by atoms with van der Waals surface area (Å²) in [5.74, 6) is 0. The fourth-order valence-electron chi connectivity index (χ4n) is 3.66. The van der Waals surface area contributed by atoms with Gasteiger partial charge in [-0.15, -0.1) is 0 Å². The zero-order chi connectivity index (χ0) is 17.6. The molecule has 2 aromatic carbocycles. The Morgan fingerprint density at radius 1 is 0.654 bits per heavy atom. The minimum Gasteiger partial charge on any atom is -0.318 e. The number of hydrogen-bond acceptors (Lipinski definition) is 1. The number of rotatable bonds is 5. The molecule has 130 valence electrons. The Hall–Kier alpha value is -2.80. The van der Waals surface area contributed by atoms with Crippen molar-refractivity contribution in [2.75, 3.05) is 4.90 Å². The summed E-state index contributed by atoms with van der Waals surface area (Å²) in [6.45, 7) is 0. The summed E-state index contributed by atoms with van der Waals surface area (Å²) in [7, 11) is 0. The third-order valence-corrected chi connectivity index (χ3v) is 5.00. The monoisotopic (exact) mass is 339 g/mol. The van der Waals surface area contributed by atoms with Gasteiger partial charge in [0.15, 0.2) is 0 Å². The highest BCUT2D eigenvalue weighted by Gasteiger charge is 2.17. The van der Waals surface area contributed by atoms with Gasteiger partial charge in [-0.1, -0.05) is 66.8 Å². The third-order valence-electron chi connectivity index (χ3n) is 5.00. The standard InChI is InChI=1S/C25H25N/c1-4-10-21(11-5-1)20-22-16-18-25(19-17-22)26(23-12-6-2-7-13-23)24-14-8-3-9-15-24/h1-6,8,10-12,14,16-19H,7,9,13,15,20H2. The lowest BCUT2D eigenvalue weighted by Crippen LogP contribution is -2.23. The molecule has 0 saturated carbocycles. The molecule has 0 N–H and O–H groups in total. The molecule has 2 aromatic rings. The summed E-state index contributed by atoms with van der Waals surface area (Å²) in [6, 6.07) is 19.8. The maximum atomic E-state index is 2.46. The van der Waals surface area contributed by atoms with E-state index in [1.54, 1.807) is 0 Å². The number of nitrogens with zero attached hydrogens (tertiary/aromatic N) is 1. The van der Waals surface area contributed by atoms with Crippen LogP contribution in [-0.2, 0) is 6.42 Å². The van der Waals surface area contributed by atoms with Gasteiger partial charge in [-0.2, -0.15) is 0 Å². The summed E-state index contributed by atoms with van der Waals surface area (Å²) >= 11 is 0. The minimum absolute atomic E-state index is 0.984. The molecule has 2 aliphatic rings. The molecule has 0 spiro atoms. The predicted molar refractivity (Wildman–Crippen MR) is 111 cm³/mol. The maximum Gasteiger partial charge on any atom is 0.0455 e. The van der Waals surface area contributed by atoms with Gasteiger partial charge < -0.3 is 4.90 Å². The molecule has 1 heteroatoms. The Bertz CT molecular complexity index is 819. The normalized spacial score (nSPS) is 16.2. The van der Waals surface area contributed by atoms with Crippen LogP contribution in [0.3, 0.4) is 0 Å². The molecule has 0 heterocycles. The molecule has 0 unspecified atom stereocenters. The molecule has 0 aliphatic heterocycles. The molecule has 4 rings (SSSR count). The van der Waals surface area contributed by atoms with E-state index in [-0.39, 0.29) is 0 Å². The first-order valence-corrected chi connectivity index (χ1v) is 9.54. The van der Waals surface area contributed by atoms with Crippen molar-refractivity contribution < 1.29 is 0 Å². The second kappa shape index (κ2) is 8.05. The van der Waals surface area contributed by atoms with Crippen LogP contribution in [0.1, 0.15) is 36.8 Å². The van der Waals surface area contributed by atoms with Crippen molar-refractivity contribution in [3.8, 4) is 0 Å². The maximum absolute atomic E-state index is 2.46. The Kier molecular flexibility index (Phi) is 5.16. The van der Waals surface area contributed by atoms with Gasteiger partial charge in [-0.05, 0) is 67.5 Å². The molecule has 0 bridgehead atoms. The number of anilines is 1. The highest BCUT2D eigenvalue weighted by Crippen LogP contribution is 2.32. The van der Waals surface area contributed by atoms with E-state index in [1.807, 2.05) is 0 Å². The molecule has 0 saturated heterocycles. The zero-order valence-corrected chi connectivity index (χ0v) is 15.1. The molecule has 0 atom stereocenters. The highest BCUT2D eigenvalue weighted by atomic mass is 15.2. The van der Waals surface area contributed by atoms with Gasteiger partial charge in [0.25, 0.3) is 0 Å². The van der Waals surface area contributed by atoms with Gasteiger partial charge in [-0.3, -0.25) is 0 Å². The second-order valence-electron chi connectivity index (χ2n) is 6.91. The van der Waals surface area contributed by atoms with Crippen LogP contribution in [0.4, 0.5) is 5.69 Å². The van der Waals surface area contributed by atoms with Crippen LogP contribution in [0.15, 0.2) is 102 Å².